The molecule has 4 rings (SSSR count). The zero-order chi connectivity index (χ0) is 26.7. The highest BCUT2D eigenvalue weighted by molar-refractivity contribution is 8.02. The Morgan fingerprint density at radius 2 is 1.86 bits per heavy atom. The molecule has 3 heterocycles. The van der Waals surface area contributed by atoms with Crippen LogP contribution in [0.5, 0.6) is 0 Å². The lowest BCUT2D eigenvalue weighted by atomic mass is 9.70. The van der Waals surface area contributed by atoms with Crippen LogP contribution in [-0.2, 0) is 20.9 Å². The molecule has 1 aromatic rings. The number of fused-ring (bicyclic) bond motifs is 1. The summed E-state index contributed by atoms with van der Waals surface area (Å²) in [5.41, 5.74) is 0.994. The van der Waals surface area contributed by atoms with E-state index in [9.17, 15) is 19.5 Å². The molecule has 3 aliphatic heterocycles. The molecule has 2 bridgehead atoms. The number of aliphatic hydroxyl groups is 1. The van der Waals surface area contributed by atoms with Crippen LogP contribution in [0.2, 0.25) is 0 Å². The second-order valence-corrected chi connectivity index (χ2v) is 12.0. The van der Waals surface area contributed by atoms with Gasteiger partial charge in [0, 0.05) is 31.4 Å². The Morgan fingerprint density at radius 1 is 1.19 bits per heavy atom. The quantitative estimate of drug-likeness (QED) is 0.424. The predicted octanol–water partition coefficient (Wildman–Crippen LogP) is 3.10. The molecule has 3 fully saturated rings. The van der Waals surface area contributed by atoms with Gasteiger partial charge >= 0.3 is 0 Å². The summed E-state index contributed by atoms with van der Waals surface area (Å²) in [6.45, 7) is 13.0. The van der Waals surface area contributed by atoms with Crippen LogP contribution in [0.4, 0.5) is 0 Å². The molecule has 0 saturated carbocycles. The summed E-state index contributed by atoms with van der Waals surface area (Å²) in [7, 11) is 0. The van der Waals surface area contributed by atoms with E-state index in [2.05, 4.69) is 13.2 Å². The van der Waals surface area contributed by atoms with E-state index in [1.807, 2.05) is 37.3 Å². The molecule has 0 aliphatic carbocycles. The molecule has 1 spiro atoms. The van der Waals surface area contributed by atoms with Gasteiger partial charge in [-0.3, -0.25) is 14.4 Å². The largest absolute Gasteiger partial charge is 0.394 e. The van der Waals surface area contributed by atoms with Crippen LogP contribution in [0.15, 0.2) is 55.6 Å². The van der Waals surface area contributed by atoms with Crippen LogP contribution < -0.4 is 0 Å². The summed E-state index contributed by atoms with van der Waals surface area (Å²) in [4.78, 5) is 47.4. The molecule has 200 valence electrons. The first-order valence-corrected chi connectivity index (χ1v) is 14.2. The zero-order valence-electron chi connectivity index (χ0n) is 21.9. The Bertz CT molecular complexity index is 1030. The molecule has 6 atom stereocenters. The minimum atomic E-state index is -0.734. The summed E-state index contributed by atoms with van der Waals surface area (Å²) >= 11 is 1.66. The van der Waals surface area contributed by atoms with Gasteiger partial charge in [-0.2, -0.15) is 0 Å². The Labute approximate surface area is 224 Å². The first kappa shape index (κ1) is 27.5. The van der Waals surface area contributed by atoms with Crippen molar-refractivity contribution in [3.05, 3.63) is 61.2 Å². The normalized spacial score (nSPS) is 28.6. The highest BCUT2D eigenvalue weighted by Gasteiger charge is 2.74. The number of nitrogens with zero attached hydrogens (tertiary/aromatic N) is 3. The summed E-state index contributed by atoms with van der Waals surface area (Å²) in [6.07, 6.45) is 5.75. The van der Waals surface area contributed by atoms with Gasteiger partial charge in [0.15, 0.2) is 0 Å². The molecule has 37 heavy (non-hydrogen) atoms. The van der Waals surface area contributed by atoms with Crippen molar-refractivity contribution < 1.29 is 19.5 Å². The fourth-order valence-electron chi connectivity index (χ4n) is 6.51. The molecular formula is C29H39N3O4S. The van der Waals surface area contributed by atoms with Gasteiger partial charge in [0.1, 0.15) is 6.04 Å². The smallest absolute Gasteiger partial charge is 0.247 e. The maximum Gasteiger partial charge on any atom is 0.247 e. The minimum Gasteiger partial charge on any atom is -0.394 e. The first-order valence-electron chi connectivity index (χ1n) is 13.3. The maximum atomic E-state index is 14.3. The van der Waals surface area contributed by atoms with Gasteiger partial charge in [0.2, 0.25) is 17.7 Å². The molecule has 3 saturated heterocycles. The number of hydrogen-bond acceptors (Lipinski definition) is 5. The van der Waals surface area contributed by atoms with E-state index in [0.29, 0.717) is 32.6 Å². The molecule has 8 heteroatoms. The third-order valence-electron chi connectivity index (χ3n) is 8.03. The average molecular weight is 526 g/mol. The molecule has 0 radical (unpaired) electrons. The van der Waals surface area contributed by atoms with Crippen LogP contribution in [0.25, 0.3) is 0 Å². The summed E-state index contributed by atoms with van der Waals surface area (Å²) < 4.78 is -0.676. The van der Waals surface area contributed by atoms with Gasteiger partial charge in [0.25, 0.3) is 0 Å². The van der Waals surface area contributed by atoms with E-state index in [1.54, 1.807) is 45.5 Å². The number of carbonyl (C=O) groups excluding carboxylic acids is 3. The Morgan fingerprint density at radius 3 is 2.49 bits per heavy atom. The molecule has 0 aromatic heterocycles. The zero-order valence-corrected chi connectivity index (χ0v) is 22.7. The lowest BCUT2D eigenvalue weighted by Gasteiger charge is -2.39. The highest BCUT2D eigenvalue weighted by atomic mass is 32.2. The lowest BCUT2D eigenvalue weighted by Crippen LogP contribution is -2.56. The summed E-state index contributed by atoms with van der Waals surface area (Å²) in [5, 5.41) is 10.1. The third-order valence-corrected chi connectivity index (χ3v) is 9.98. The van der Waals surface area contributed by atoms with Crippen molar-refractivity contribution >= 4 is 29.5 Å². The standard InChI is InChI=1S/C29H39N3O4S/c1-5-15-30(16-6-2)26(34)23-22-13-14-29(37-22)24(23)27(35)32(20(4)19-33)25(29)28(36)31(17-7-3)18-21-11-9-8-10-12-21/h5,7-12,20,22-25,33H,1,3,6,13-19H2,2,4H3/t20-,22+,23-,24+,25?,29?/m1/s1. The van der Waals surface area contributed by atoms with Crippen LogP contribution >= 0.6 is 11.8 Å². The van der Waals surface area contributed by atoms with E-state index < -0.39 is 28.7 Å². The Hall–Kier alpha value is -2.58. The van der Waals surface area contributed by atoms with Gasteiger partial charge in [-0.15, -0.1) is 24.9 Å². The number of aliphatic hydroxyl groups excluding tert-OH is 1. The second kappa shape index (κ2) is 11.4. The van der Waals surface area contributed by atoms with E-state index in [0.717, 1.165) is 18.4 Å². The maximum absolute atomic E-state index is 14.3. The number of thioether (sulfide) groups is 1. The fraction of sp³-hybridized carbons (Fsp3) is 0.552. The number of rotatable bonds is 12. The number of likely N-dealkylation sites (tertiary alicyclic amines) is 1. The topological polar surface area (TPSA) is 81.2 Å². The number of carbonyl (C=O) groups is 3. The van der Waals surface area contributed by atoms with Crippen LogP contribution in [0.1, 0.15) is 38.7 Å². The van der Waals surface area contributed by atoms with Gasteiger partial charge < -0.3 is 19.8 Å². The highest BCUT2D eigenvalue weighted by Crippen LogP contribution is 2.67. The number of amides is 3. The average Bonchev–Trinajstić information content (AvgIpc) is 3.55. The molecule has 3 aliphatic rings. The van der Waals surface area contributed by atoms with Gasteiger partial charge in [-0.05, 0) is 31.7 Å². The molecule has 2 unspecified atom stereocenters. The van der Waals surface area contributed by atoms with E-state index in [4.69, 9.17) is 0 Å². The monoisotopic (exact) mass is 525 g/mol. The number of hydrogen-bond donors (Lipinski definition) is 1. The van der Waals surface area contributed by atoms with Gasteiger partial charge in [-0.25, -0.2) is 0 Å². The van der Waals surface area contributed by atoms with Crippen molar-refractivity contribution in [2.75, 3.05) is 26.2 Å². The van der Waals surface area contributed by atoms with Crippen LogP contribution in [-0.4, -0.2) is 85.8 Å². The molecule has 7 nitrogen and oxygen atoms in total. The van der Waals surface area contributed by atoms with Crippen molar-refractivity contribution in [2.45, 2.75) is 61.7 Å². The fourth-order valence-corrected chi connectivity index (χ4v) is 8.70. The van der Waals surface area contributed by atoms with Crippen molar-refractivity contribution in [1.82, 2.24) is 14.7 Å². The Kier molecular flexibility index (Phi) is 8.49. The summed E-state index contributed by atoms with van der Waals surface area (Å²) in [5.74, 6) is -1.38. The van der Waals surface area contributed by atoms with Gasteiger partial charge in [0.05, 0.1) is 29.2 Å². The van der Waals surface area contributed by atoms with Crippen LogP contribution in [0.3, 0.4) is 0 Å². The van der Waals surface area contributed by atoms with E-state index in [-0.39, 0.29) is 29.6 Å². The van der Waals surface area contributed by atoms with Crippen LogP contribution in [0, 0.1) is 11.8 Å². The predicted molar refractivity (Wildman–Crippen MR) is 147 cm³/mol. The van der Waals surface area contributed by atoms with Gasteiger partial charge in [-0.1, -0.05) is 49.4 Å². The molecular weight excluding hydrogens is 486 g/mol. The van der Waals surface area contributed by atoms with E-state index in [1.165, 1.54) is 0 Å². The van der Waals surface area contributed by atoms with E-state index >= 15 is 0 Å². The second-order valence-electron chi connectivity index (χ2n) is 10.4. The van der Waals surface area contributed by atoms with Crippen molar-refractivity contribution in [3.63, 3.8) is 0 Å². The molecule has 1 aromatic carbocycles. The summed E-state index contributed by atoms with van der Waals surface area (Å²) in [6, 6.07) is 8.51. The molecule has 1 N–H and O–H groups in total. The molecule has 3 amide bonds. The SMILES string of the molecule is C=CCN(Cc1ccccc1)C(=O)C1N([C@H](C)CO)C(=O)[C@@H]2[C@H](C(=O)N(CC=C)CCC)[C@@H]3CCC12S3. The third kappa shape index (κ3) is 4.74. The van der Waals surface area contributed by atoms with Crippen molar-refractivity contribution in [3.8, 4) is 0 Å². The van der Waals surface area contributed by atoms with Crippen molar-refractivity contribution in [2.24, 2.45) is 11.8 Å². The lowest BCUT2D eigenvalue weighted by molar-refractivity contribution is -0.146. The Balaban J connectivity index is 1.73. The number of benzene rings is 1. The van der Waals surface area contributed by atoms with Crippen molar-refractivity contribution in [1.29, 1.82) is 0 Å². The minimum absolute atomic E-state index is 0.00878. The first-order chi connectivity index (χ1) is 17.8.